The largest absolute Gasteiger partial charge is 0.472 e. The number of carbonyl (C=O) groups is 4. The van der Waals surface area contributed by atoms with Crippen LogP contribution in [0, 0.1) is 0 Å². The lowest BCUT2D eigenvalue weighted by Crippen LogP contribution is -2.30. The maximum absolute atomic E-state index is 13.1. The molecular formula is C81H144O17P2. The van der Waals surface area contributed by atoms with Crippen molar-refractivity contribution in [1.82, 2.24) is 0 Å². The number of ether oxygens (including phenoxy) is 4. The first kappa shape index (κ1) is 96.2. The Morgan fingerprint density at radius 1 is 0.290 bits per heavy atom. The van der Waals surface area contributed by atoms with Crippen LogP contribution in [0.15, 0.2) is 85.1 Å². The quantitative estimate of drug-likeness (QED) is 0.0128. The molecule has 17 nitrogen and oxygen atoms in total. The lowest BCUT2D eigenvalue weighted by molar-refractivity contribution is -0.161. The molecule has 0 amide bonds. The van der Waals surface area contributed by atoms with Crippen LogP contribution in [0.5, 0.6) is 0 Å². The third-order valence-corrected chi connectivity index (χ3v) is 18.8. The molecule has 0 fully saturated rings. The average Bonchev–Trinajstić information content (AvgIpc) is 1.22. The van der Waals surface area contributed by atoms with Crippen molar-refractivity contribution < 1.29 is 80.2 Å². The Labute approximate surface area is 608 Å². The monoisotopic (exact) mass is 1450 g/mol. The SMILES string of the molecule is CCCCC/C=C\C/C=C\C/C=C\C/C=C\CCCC(=O)O[C@H](COC(=O)CCCCCCC/C=C\C=C/CCCCCC)COP(=O)(O)OC[C@@H](O)COP(=O)(O)OC[C@@H](COC(=O)CCCCCCCCCCCCCCC)OC(=O)CCCCCCC/C=C\CCCCCCCC. The van der Waals surface area contributed by atoms with Crippen molar-refractivity contribution in [2.75, 3.05) is 39.6 Å². The number of hydrogen-bond acceptors (Lipinski definition) is 15. The molecule has 0 heterocycles. The molecule has 3 N–H and O–H groups in total. The summed E-state index contributed by atoms with van der Waals surface area (Å²) in [4.78, 5) is 72.9. The summed E-state index contributed by atoms with van der Waals surface area (Å²) in [5, 5.41) is 10.6. The maximum atomic E-state index is 13.1. The fourth-order valence-electron chi connectivity index (χ4n) is 10.7. The van der Waals surface area contributed by atoms with E-state index in [0.29, 0.717) is 32.1 Å². The Hall–Kier alpha value is -3.76. The van der Waals surface area contributed by atoms with Gasteiger partial charge >= 0.3 is 39.5 Å². The predicted molar refractivity (Wildman–Crippen MR) is 409 cm³/mol. The molecule has 0 saturated carbocycles. The van der Waals surface area contributed by atoms with Crippen molar-refractivity contribution in [3.63, 3.8) is 0 Å². The van der Waals surface area contributed by atoms with Gasteiger partial charge in [-0.05, 0) is 116 Å². The lowest BCUT2D eigenvalue weighted by atomic mass is 10.0. The third kappa shape index (κ3) is 72.6. The summed E-state index contributed by atoms with van der Waals surface area (Å²) in [6.45, 7) is 4.78. The van der Waals surface area contributed by atoms with Crippen LogP contribution in [0.2, 0.25) is 0 Å². The van der Waals surface area contributed by atoms with E-state index in [1.54, 1.807) is 0 Å². The molecule has 0 spiro atoms. The van der Waals surface area contributed by atoms with Crippen LogP contribution in [0.4, 0.5) is 0 Å². The fourth-order valence-corrected chi connectivity index (χ4v) is 12.3. The second-order valence-corrected chi connectivity index (χ2v) is 29.6. The summed E-state index contributed by atoms with van der Waals surface area (Å²) >= 11 is 0. The molecule has 0 aliphatic heterocycles. The van der Waals surface area contributed by atoms with E-state index in [2.05, 4.69) is 101 Å². The Balaban J connectivity index is 5.41. The van der Waals surface area contributed by atoms with Crippen LogP contribution in [-0.4, -0.2) is 96.7 Å². The van der Waals surface area contributed by atoms with E-state index in [0.717, 1.165) is 122 Å². The van der Waals surface area contributed by atoms with E-state index in [-0.39, 0.29) is 25.7 Å². The molecule has 0 aliphatic rings. The molecule has 0 aliphatic carbocycles. The Kier molecular flexibility index (Phi) is 70.8. The molecule has 0 radical (unpaired) electrons. The molecular weight excluding hydrogens is 1310 g/mol. The van der Waals surface area contributed by atoms with Gasteiger partial charge in [0.05, 0.1) is 26.4 Å². The van der Waals surface area contributed by atoms with E-state index in [4.69, 9.17) is 37.0 Å². The fraction of sp³-hybridized carbons (Fsp3) is 0.778. The molecule has 0 aromatic heterocycles. The van der Waals surface area contributed by atoms with Crippen molar-refractivity contribution in [2.45, 2.75) is 367 Å². The van der Waals surface area contributed by atoms with E-state index in [9.17, 15) is 43.2 Å². The second-order valence-electron chi connectivity index (χ2n) is 26.7. The summed E-state index contributed by atoms with van der Waals surface area (Å²) in [7, 11) is -9.97. The van der Waals surface area contributed by atoms with Crippen LogP contribution >= 0.6 is 15.6 Å². The molecule has 0 aromatic rings. The van der Waals surface area contributed by atoms with Gasteiger partial charge in [0.2, 0.25) is 0 Å². The van der Waals surface area contributed by atoms with E-state index >= 15 is 0 Å². The molecule has 580 valence electrons. The van der Waals surface area contributed by atoms with Crippen LogP contribution < -0.4 is 0 Å². The minimum Gasteiger partial charge on any atom is -0.462 e. The molecule has 2 unspecified atom stereocenters. The summed E-state index contributed by atoms with van der Waals surface area (Å²) in [6, 6.07) is 0. The first-order valence-corrected chi connectivity index (χ1v) is 42.8. The average molecular weight is 1450 g/mol. The minimum atomic E-state index is -4.99. The summed E-state index contributed by atoms with van der Waals surface area (Å²) in [5.41, 5.74) is 0. The Bertz CT molecular complexity index is 2230. The first-order chi connectivity index (χ1) is 48.7. The van der Waals surface area contributed by atoms with Gasteiger partial charge in [-0.1, -0.05) is 293 Å². The Morgan fingerprint density at radius 3 is 0.890 bits per heavy atom. The molecule has 0 aromatic carbocycles. The van der Waals surface area contributed by atoms with Crippen molar-refractivity contribution in [3.8, 4) is 0 Å². The topological polar surface area (TPSA) is 237 Å². The third-order valence-electron chi connectivity index (χ3n) is 16.9. The number of carbonyl (C=O) groups excluding carboxylic acids is 4. The normalized spacial score (nSPS) is 14.3. The highest BCUT2D eigenvalue weighted by Gasteiger charge is 2.30. The maximum Gasteiger partial charge on any atom is 0.472 e. The van der Waals surface area contributed by atoms with Gasteiger partial charge in [0.15, 0.2) is 12.2 Å². The molecule has 0 bridgehead atoms. The van der Waals surface area contributed by atoms with E-state index in [1.807, 2.05) is 12.2 Å². The van der Waals surface area contributed by atoms with Gasteiger partial charge in [-0.15, -0.1) is 0 Å². The zero-order valence-corrected chi connectivity index (χ0v) is 65.2. The lowest BCUT2D eigenvalue weighted by Gasteiger charge is -2.21. The smallest absolute Gasteiger partial charge is 0.462 e. The zero-order chi connectivity index (χ0) is 73.2. The molecule has 19 heteroatoms. The second kappa shape index (κ2) is 73.5. The van der Waals surface area contributed by atoms with E-state index < -0.39 is 97.5 Å². The first-order valence-electron chi connectivity index (χ1n) is 39.8. The summed E-state index contributed by atoms with van der Waals surface area (Å²) in [6.07, 6.45) is 75.7. The van der Waals surface area contributed by atoms with Crippen molar-refractivity contribution >= 4 is 39.5 Å². The number of phosphoric acid groups is 2. The molecule has 0 rings (SSSR count). The number of hydrogen-bond donors (Lipinski definition) is 3. The molecule has 5 atom stereocenters. The zero-order valence-electron chi connectivity index (χ0n) is 63.4. The van der Waals surface area contributed by atoms with Gasteiger partial charge < -0.3 is 33.8 Å². The Morgan fingerprint density at radius 2 is 0.530 bits per heavy atom. The van der Waals surface area contributed by atoms with E-state index in [1.165, 1.54) is 141 Å². The highest BCUT2D eigenvalue weighted by Crippen LogP contribution is 2.45. The van der Waals surface area contributed by atoms with Crippen LogP contribution in [0.3, 0.4) is 0 Å². The summed E-state index contributed by atoms with van der Waals surface area (Å²) < 4.78 is 68.5. The van der Waals surface area contributed by atoms with Crippen LogP contribution in [0.1, 0.15) is 349 Å². The number of phosphoric ester groups is 2. The highest BCUT2D eigenvalue weighted by molar-refractivity contribution is 7.47. The number of aliphatic hydroxyl groups excluding tert-OH is 1. The number of allylic oxidation sites excluding steroid dienone is 14. The predicted octanol–water partition coefficient (Wildman–Crippen LogP) is 23.0. The van der Waals surface area contributed by atoms with Crippen LogP contribution in [-0.2, 0) is 65.4 Å². The number of rotatable bonds is 75. The van der Waals surface area contributed by atoms with Crippen molar-refractivity contribution in [2.24, 2.45) is 0 Å². The summed E-state index contributed by atoms with van der Waals surface area (Å²) in [5.74, 6) is -2.24. The van der Waals surface area contributed by atoms with Crippen molar-refractivity contribution in [3.05, 3.63) is 85.1 Å². The minimum absolute atomic E-state index is 0.0168. The van der Waals surface area contributed by atoms with Gasteiger partial charge in [-0.2, -0.15) is 0 Å². The number of aliphatic hydroxyl groups is 1. The van der Waals surface area contributed by atoms with Gasteiger partial charge in [-0.25, -0.2) is 9.13 Å². The number of esters is 4. The standard InChI is InChI=1S/C81H144O17P2/c1-5-9-13-17-21-25-29-33-36-37-40-44-48-52-56-60-64-68-81(86)98-77(72-92-79(84)66-62-58-54-50-46-42-38-34-30-26-22-18-14-10-6-2)74-96-100(89,90)94-70-75(82)69-93-99(87,88)95-73-76(71-91-78(83)65-61-57-53-49-45-41-32-28-24-20-16-12-8-4)97-80(85)67-63-59-55-51-47-43-39-35-31-27-23-19-15-11-7-3/h21,25-26,30,33-36,38-40,44,52,56,75-77,82H,5-20,22-24,27-29,31-32,37,41-43,45-51,53-55,57-74H2,1-4H3,(H,87,88)(H,89,90)/b25-21-,30-26-,36-33-,38-34-,39-35-,44-40-,56-52-/t75-,76+,77+/m0/s1. The van der Waals surface area contributed by atoms with Gasteiger partial charge in [0, 0.05) is 25.7 Å². The molecule has 100 heavy (non-hydrogen) atoms. The van der Waals surface area contributed by atoms with Gasteiger partial charge in [-0.3, -0.25) is 37.3 Å². The highest BCUT2D eigenvalue weighted by atomic mass is 31.2. The molecule has 0 saturated heterocycles. The number of unbranched alkanes of at least 4 members (excludes halogenated alkanes) is 36. The van der Waals surface area contributed by atoms with Gasteiger partial charge in [0.1, 0.15) is 19.3 Å². The van der Waals surface area contributed by atoms with Gasteiger partial charge in [0.25, 0.3) is 0 Å². The van der Waals surface area contributed by atoms with Crippen LogP contribution in [0.25, 0.3) is 0 Å². The van der Waals surface area contributed by atoms with Crippen molar-refractivity contribution in [1.29, 1.82) is 0 Å².